The lowest BCUT2D eigenvalue weighted by Crippen LogP contribution is -2.21. The van der Waals surface area contributed by atoms with Crippen LogP contribution >= 0.6 is 0 Å². The molecule has 0 aliphatic carbocycles. The maximum Gasteiger partial charge on any atom is 0.340 e. The van der Waals surface area contributed by atoms with Crippen molar-refractivity contribution in [2.24, 2.45) is 0 Å². The predicted molar refractivity (Wildman–Crippen MR) is 83.6 cm³/mol. The molecule has 0 spiro atoms. The molecule has 6 nitrogen and oxygen atoms in total. The summed E-state index contributed by atoms with van der Waals surface area (Å²) in [4.78, 5) is 23.8. The van der Waals surface area contributed by atoms with Gasteiger partial charge in [0.1, 0.15) is 5.58 Å². The Morgan fingerprint density at radius 3 is 2.83 bits per heavy atom. The molecular weight excluding hydrogens is 300 g/mol. The Balaban J connectivity index is 2.39. The first-order valence-corrected chi connectivity index (χ1v) is 7.52. The first-order chi connectivity index (χ1) is 11.0. The van der Waals surface area contributed by atoms with Crippen LogP contribution in [0.3, 0.4) is 0 Å². The van der Waals surface area contributed by atoms with Crippen LogP contribution in [0.5, 0.6) is 11.5 Å². The lowest BCUT2D eigenvalue weighted by atomic mass is 9.90. The van der Waals surface area contributed by atoms with E-state index in [2.05, 4.69) is 0 Å². The molecule has 0 amide bonds. The fourth-order valence-corrected chi connectivity index (χ4v) is 3.31. The Labute approximate surface area is 132 Å². The van der Waals surface area contributed by atoms with Crippen LogP contribution in [0.4, 0.5) is 0 Å². The van der Waals surface area contributed by atoms with Crippen molar-refractivity contribution in [2.45, 2.75) is 32.6 Å². The molecule has 2 heterocycles. The van der Waals surface area contributed by atoms with Crippen molar-refractivity contribution >= 4 is 16.9 Å². The average molecular weight is 318 g/mol. The van der Waals surface area contributed by atoms with Crippen LogP contribution in [-0.4, -0.2) is 24.8 Å². The number of carboxylic acids is 1. The lowest BCUT2D eigenvalue weighted by molar-refractivity contribution is -0.138. The second-order valence-corrected chi connectivity index (χ2v) is 5.59. The Kier molecular flexibility index (Phi) is 3.75. The zero-order valence-electron chi connectivity index (χ0n) is 13.3. The van der Waals surface area contributed by atoms with E-state index in [9.17, 15) is 14.7 Å². The highest BCUT2D eigenvalue weighted by molar-refractivity contribution is 5.91. The normalized spacial score (nSPS) is 14.4. The summed E-state index contributed by atoms with van der Waals surface area (Å²) in [6.45, 7) is 4.03. The monoisotopic (exact) mass is 318 g/mol. The minimum absolute atomic E-state index is 0.215. The van der Waals surface area contributed by atoms with Gasteiger partial charge in [0, 0.05) is 23.4 Å². The van der Waals surface area contributed by atoms with Crippen molar-refractivity contribution < 1.29 is 23.8 Å². The van der Waals surface area contributed by atoms with E-state index in [1.807, 2.05) is 0 Å². The van der Waals surface area contributed by atoms with Gasteiger partial charge < -0.3 is 19.0 Å². The van der Waals surface area contributed by atoms with Crippen LogP contribution < -0.4 is 15.1 Å². The quantitative estimate of drug-likeness (QED) is 0.872. The Morgan fingerprint density at radius 1 is 1.48 bits per heavy atom. The summed E-state index contributed by atoms with van der Waals surface area (Å²) in [5, 5.41) is 10.2. The number of aryl methyl sites for hydroxylation is 1. The fraction of sp³-hybridized carbons (Fsp3) is 0.412. The highest BCUT2D eigenvalue weighted by Crippen LogP contribution is 2.42. The van der Waals surface area contributed by atoms with Crippen LogP contribution in [0.15, 0.2) is 15.3 Å². The molecular formula is C17H18O6. The van der Waals surface area contributed by atoms with Gasteiger partial charge in [0.25, 0.3) is 0 Å². The summed E-state index contributed by atoms with van der Waals surface area (Å²) in [5.74, 6) is -0.740. The molecule has 2 aromatic rings. The van der Waals surface area contributed by atoms with Gasteiger partial charge in [-0.1, -0.05) is 6.92 Å². The van der Waals surface area contributed by atoms with Crippen LogP contribution in [0, 0.1) is 6.92 Å². The van der Waals surface area contributed by atoms with E-state index >= 15 is 0 Å². The molecule has 6 heteroatoms. The standard InChI is InChI=1S/C17H18O6/c1-4-9(16(18)19)14-8(2)13-10-5-6-22-15(10)12(21-3)7-11(13)23-17(14)20/h7,9H,4-6H2,1-3H3,(H,18,19). The molecule has 0 fully saturated rings. The minimum atomic E-state index is -1.02. The maximum atomic E-state index is 12.4. The van der Waals surface area contributed by atoms with Crippen LogP contribution in [-0.2, 0) is 11.2 Å². The van der Waals surface area contributed by atoms with Gasteiger partial charge in [0.05, 0.1) is 25.2 Å². The van der Waals surface area contributed by atoms with Gasteiger partial charge >= 0.3 is 11.6 Å². The van der Waals surface area contributed by atoms with Gasteiger partial charge in [-0.3, -0.25) is 4.79 Å². The molecule has 1 unspecified atom stereocenters. The van der Waals surface area contributed by atoms with Crippen molar-refractivity contribution in [2.75, 3.05) is 13.7 Å². The first kappa shape index (κ1) is 15.4. The summed E-state index contributed by atoms with van der Waals surface area (Å²) < 4.78 is 16.3. The summed E-state index contributed by atoms with van der Waals surface area (Å²) in [6.07, 6.45) is 0.988. The van der Waals surface area contributed by atoms with Crippen molar-refractivity contribution in [3.05, 3.63) is 33.2 Å². The van der Waals surface area contributed by atoms with Crippen molar-refractivity contribution in [3.63, 3.8) is 0 Å². The van der Waals surface area contributed by atoms with Gasteiger partial charge in [-0.05, 0) is 18.9 Å². The van der Waals surface area contributed by atoms with Crippen LogP contribution in [0.25, 0.3) is 11.0 Å². The number of hydrogen-bond acceptors (Lipinski definition) is 5. The molecule has 1 atom stereocenters. The number of hydrogen-bond donors (Lipinski definition) is 1. The summed E-state index contributed by atoms with van der Waals surface area (Å²) in [7, 11) is 1.53. The zero-order chi connectivity index (χ0) is 16.7. The molecule has 1 N–H and O–H groups in total. The summed E-state index contributed by atoms with van der Waals surface area (Å²) in [6, 6.07) is 1.62. The van der Waals surface area contributed by atoms with E-state index in [1.165, 1.54) is 7.11 Å². The van der Waals surface area contributed by atoms with Gasteiger partial charge in [-0.25, -0.2) is 4.79 Å². The lowest BCUT2D eigenvalue weighted by Gasteiger charge is -2.16. The summed E-state index contributed by atoms with van der Waals surface area (Å²) >= 11 is 0. The van der Waals surface area contributed by atoms with Gasteiger partial charge in [-0.2, -0.15) is 0 Å². The number of methoxy groups -OCH3 is 1. The molecule has 0 bridgehead atoms. The maximum absolute atomic E-state index is 12.4. The van der Waals surface area contributed by atoms with E-state index in [-0.39, 0.29) is 5.56 Å². The fourth-order valence-electron chi connectivity index (χ4n) is 3.31. The molecule has 122 valence electrons. The summed E-state index contributed by atoms with van der Waals surface area (Å²) in [5.41, 5.74) is 1.56. The number of aliphatic carboxylic acids is 1. The van der Waals surface area contributed by atoms with Crippen molar-refractivity contribution in [1.29, 1.82) is 0 Å². The van der Waals surface area contributed by atoms with Gasteiger partial charge in [0.15, 0.2) is 11.5 Å². The molecule has 1 aromatic heterocycles. The molecule has 3 rings (SSSR count). The number of fused-ring (bicyclic) bond motifs is 3. The highest BCUT2D eigenvalue weighted by Gasteiger charge is 2.29. The smallest absolute Gasteiger partial charge is 0.340 e. The Hall–Kier alpha value is -2.50. The van der Waals surface area contributed by atoms with E-state index in [0.29, 0.717) is 42.1 Å². The first-order valence-electron chi connectivity index (χ1n) is 7.52. The molecule has 1 aliphatic heterocycles. The van der Waals surface area contributed by atoms with Gasteiger partial charge in [-0.15, -0.1) is 0 Å². The zero-order valence-corrected chi connectivity index (χ0v) is 13.3. The Bertz CT molecular complexity index is 849. The molecule has 0 saturated heterocycles. The number of carbonyl (C=O) groups is 1. The highest BCUT2D eigenvalue weighted by atomic mass is 16.5. The molecule has 1 aliphatic rings. The third-order valence-corrected chi connectivity index (χ3v) is 4.38. The van der Waals surface area contributed by atoms with Gasteiger partial charge in [0.2, 0.25) is 0 Å². The van der Waals surface area contributed by atoms with Crippen molar-refractivity contribution in [1.82, 2.24) is 0 Å². The second kappa shape index (κ2) is 5.61. The third-order valence-electron chi connectivity index (χ3n) is 4.38. The molecule has 1 aromatic carbocycles. The number of ether oxygens (including phenoxy) is 2. The SMILES string of the molecule is CCC(C(=O)O)c1c(C)c2c3c(c(OC)cc2oc1=O)OCC3. The van der Waals surface area contributed by atoms with Crippen LogP contribution in [0.2, 0.25) is 0 Å². The van der Waals surface area contributed by atoms with E-state index in [1.54, 1.807) is 19.9 Å². The van der Waals surface area contributed by atoms with Crippen molar-refractivity contribution in [3.8, 4) is 11.5 Å². The molecule has 0 radical (unpaired) electrons. The van der Waals surface area contributed by atoms with E-state index < -0.39 is 17.5 Å². The molecule has 23 heavy (non-hydrogen) atoms. The predicted octanol–water partition coefficient (Wildman–Crippen LogP) is 2.62. The van der Waals surface area contributed by atoms with E-state index in [0.717, 1.165) is 10.9 Å². The van der Waals surface area contributed by atoms with Crippen LogP contribution in [0.1, 0.15) is 36.0 Å². The third kappa shape index (κ3) is 2.25. The largest absolute Gasteiger partial charge is 0.493 e. The second-order valence-electron chi connectivity index (χ2n) is 5.59. The average Bonchev–Trinajstić information content (AvgIpc) is 2.98. The minimum Gasteiger partial charge on any atom is -0.493 e. The Morgan fingerprint density at radius 2 is 2.22 bits per heavy atom. The molecule has 0 saturated carbocycles. The van der Waals surface area contributed by atoms with E-state index in [4.69, 9.17) is 13.9 Å². The topological polar surface area (TPSA) is 86.0 Å². The number of benzene rings is 1. The number of rotatable bonds is 4. The number of carboxylic acid groups (broad SMARTS) is 1.